The van der Waals surface area contributed by atoms with Crippen molar-refractivity contribution < 1.29 is 4.74 Å². The molecule has 0 aromatic heterocycles. The highest BCUT2D eigenvalue weighted by molar-refractivity contribution is 4.70. The lowest BCUT2D eigenvalue weighted by atomic mass is 10.0. The van der Waals surface area contributed by atoms with Crippen LogP contribution in [0, 0.1) is 5.92 Å². The Morgan fingerprint density at radius 1 is 1.29 bits per heavy atom. The Morgan fingerprint density at radius 2 is 2.07 bits per heavy atom. The van der Waals surface area contributed by atoms with E-state index in [-0.39, 0.29) is 0 Å². The van der Waals surface area contributed by atoms with Gasteiger partial charge in [0.2, 0.25) is 0 Å². The summed E-state index contributed by atoms with van der Waals surface area (Å²) in [7, 11) is 0. The maximum Gasteiger partial charge on any atom is 0.0700 e. The average Bonchev–Trinajstić information content (AvgIpc) is 2.63. The van der Waals surface area contributed by atoms with Crippen LogP contribution in [0.2, 0.25) is 0 Å². The number of ether oxygens (including phenoxy) is 1. The maximum atomic E-state index is 5.57. The van der Waals surface area contributed by atoms with Gasteiger partial charge in [0.15, 0.2) is 0 Å². The molecule has 1 heterocycles. The first-order valence-electron chi connectivity index (χ1n) is 6.03. The zero-order valence-electron chi connectivity index (χ0n) is 9.88. The molecule has 84 valence electrons. The van der Waals surface area contributed by atoms with E-state index in [0.29, 0.717) is 12.1 Å². The van der Waals surface area contributed by atoms with Gasteiger partial charge in [0, 0.05) is 19.2 Å². The smallest absolute Gasteiger partial charge is 0.0700 e. The fourth-order valence-corrected chi connectivity index (χ4v) is 1.82. The second-order valence-corrected chi connectivity index (χ2v) is 4.92. The highest BCUT2D eigenvalue weighted by Gasteiger charge is 2.15. The molecule has 0 amide bonds. The van der Waals surface area contributed by atoms with Crippen molar-refractivity contribution >= 4 is 0 Å². The van der Waals surface area contributed by atoms with Crippen LogP contribution in [-0.2, 0) is 4.74 Å². The van der Waals surface area contributed by atoms with Crippen molar-refractivity contribution in [2.24, 2.45) is 5.92 Å². The van der Waals surface area contributed by atoms with E-state index in [0.717, 1.165) is 19.1 Å². The zero-order chi connectivity index (χ0) is 10.4. The number of nitrogens with one attached hydrogen (secondary N) is 1. The zero-order valence-corrected chi connectivity index (χ0v) is 9.88. The van der Waals surface area contributed by atoms with Crippen molar-refractivity contribution in [3.8, 4) is 0 Å². The number of hydrogen-bond donors (Lipinski definition) is 1. The van der Waals surface area contributed by atoms with E-state index in [1.165, 1.54) is 25.7 Å². The van der Waals surface area contributed by atoms with Gasteiger partial charge in [-0.3, -0.25) is 0 Å². The molecule has 2 nitrogen and oxygen atoms in total. The lowest BCUT2D eigenvalue weighted by Gasteiger charge is -2.17. The minimum Gasteiger partial charge on any atom is -0.377 e. The van der Waals surface area contributed by atoms with Crippen LogP contribution in [0.3, 0.4) is 0 Å². The van der Waals surface area contributed by atoms with Crippen LogP contribution >= 0.6 is 0 Å². The molecule has 0 aromatic carbocycles. The van der Waals surface area contributed by atoms with E-state index < -0.39 is 0 Å². The van der Waals surface area contributed by atoms with Crippen LogP contribution in [0.5, 0.6) is 0 Å². The standard InChI is InChI=1S/C12H25NO/c1-10(2)6-7-11(3)13-9-12-5-4-8-14-12/h10-13H,4-9H2,1-3H3/t11-,12-/m1/s1. The van der Waals surface area contributed by atoms with E-state index >= 15 is 0 Å². The van der Waals surface area contributed by atoms with Crippen LogP contribution in [-0.4, -0.2) is 25.3 Å². The van der Waals surface area contributed by atoms with Gasteiger partial charge < -0.3 is 10.1 Å². The predicted octanol–water partition coefficient (Wildman–Crippen LogP) is 2.58. The lowest BCUT2D eigenvalue weighted by molar-refractivity contribution is 0.107. The molecular formula is C12H25NO. The van der Waals surface area contributed by atoms with Crippen molar-refractivity contribution in [2.75, 3.05) is 13.2 Å². The molecule has 1 aliphatic heterocycles. The van der Waals surface area contributed by atoms with Gasteiger partial charge in [0.05, 0.1) is 6.10 Å². The summed E-state index contributed by atoms with van der Waals surface area (Å²) in [5.41, 5.74) is 0. The Bertz CT molecular complexity index is 141. The van der Waals surface area contributed by atoms with Crippen molar-refractivity contribution in [3.63, 3.8) is 0 Å². The summed E-state index contributed by atoms with van der Waals surface area (Å²) in [6.45, 7) is 8.85. The third-order valence-electron chi connectivity index (χ3n) is 2.90. The van der Waals surface area contributed by atoms with Crippen LogP contribution in [0.15, 0.2) is 0 Å². The van der Waals surface area contributed by atoms with Crippen LogP contribution < -0.4 is 5.32 Å². The van der Waals surface area contributed by atoms with Gasteiger partial charge in [-0.25, -0.2) is 0 Å². The van der Waals surface area contributed by atoms with E-state index in [9.17, 15) is 0 Å². The Hall–Kier alpha value is -0.0800. The first-order valence-corrected chi connectivity index (χ1v) is 6.03. The molecule has 0 radical (unpaired) electrons. The Morgan fingerprint density at radius 3 is 2.64 bits per heavy atom. The molecule has 0 spiro atoms. The van der Waals surface area contributed by atoms with Crippen LogP contribution in [0.25, 0.3) is 0 Å². The monoisotopic (exact) mass is 199 g/mol. The van der Waals surface area contributed by atoms with E-state index in [1.807, 2.05) is 0 Å². The highest BCUT2D eigenvalue weighted by atomic mass is 16.5. The Labute approximate surface area is 88.4 Å². The molecule has 1 fully saturated rings. The normalized spacial score (nSPS) is 24.4. The fourth-order valence-electron chi connectivity index (χ4n) is 1.82. The molecular weight excluding hydrogens is 174 g/mol. The third-order valence-corrected chi connectivity index (χ3v) is 2.90. The van der Waals surface area contributed by atoms with E-state index in [1.54, 1.807) is 0 Å². The maximum absolute atomic E-state index is 5.57. The largest absolute Gasteiger partial charge is 0.377 e. The molecule has 1 N–H and O–H groups in total. The molecule has 0 bridgehead atoms. The third kappa shape index (κ3) is 4.97. The van der Waals surface area contributed by atoms with Gasteiger partial charge in [-0.15, -0.1) is 0 Å². The summed E-state index contributed by atoms with van der Waals surface area (Å²) in [5, 5.41) is 3.55. The SMILES string of the molecule is CC(C)CC[C@@H](C)NC[C@H]1CCCO1. The quantitative estimate of drug-likeness (QED) is 0.710. The number of hydrogen-bond acceptors (Lipinski definition) is 2. The minimum atomic E-state index is 0.483. The van der Waals surface area contributed by atoms with Crippen LogP contribution in [0.1, 0.15) is 46.5 Å². The summed E-state index contributed by atoms with van der Waals surface area (Å²) >= 11 is 0. The number of rotatable bonds is 6. The van der Waals surface area contributed by atoms with E-state index in [4.69, 9.17) is 4.74 Å². The molecule has 0 saturated carbocycles. The topological polar surface area (TPSA) is 21.3 Å². The molecule has 14 heavy (non-hydrogen) atoms. The molecule has 0 aliphatic carbocycles. The van der Waals surface area contributed by atoms with Crippen molar-refractivity contribution in [2.45, 2.75) is 58.6 Å². The fraction of sp³-hybridized carbons (Fsp3) is 1.00. The molecule has 1 aliphatic rings. The first kappa shape index (κ1) is 12.0. The molecule has 2 atom stereocenters. The minimum absolute atomic E-state index is 0.483. The Balaban J connectivity index is 1.99. The van der Waals surface area contributed by atoms with Gasteiger partial charge in [0.1, 0.15) is 0 Å². The summed E-state index contributed by atoms with van der Waals surface area (Å²) in [6, 6.07) is 0.640. The first-order chi connectivity index (χ1) is 6.68. The second kappa shape index (κ2) is 6.41. The molecule has 0 aromatic rings. The molecule has 0 unspecified atom stereocenters. The molecule has 1 rings (SSSR count). The van der Waals surface area contributed by atoms with Crippen molar-refractivity contribution in [3.05, 3.63) is 0 Å². The van der Waals surface area contributed by atoms with Gasteiger partial charge in [-0.05, 0) is 38.5 Å². The van der Waals surface area contributed by atoms with Gasteiger partial charge in [-0.2, -0.15) is 0 Å². The van der Waals surface area contributed by atoms with Gasteiger partial charge in [0.25, 0.3) is 0 Å². The van der Waals surface area contributed by atoms with Crippen molar-refractivity contribution in [1.29, 1.82) is 0 Å². The molecule has 1 saturated heterocycles. The highest BCUT2D eigenvalue weighted by Crippen LogP contribution is 2.11. The summed E-state index contributed by atoms with van der Waals surface area (Å²) in [6.07, 6.45) is 5.57. The molecule has 2 heteroatoms. The van der Waals surface area contributed by atoms with E-state index in [2.05, 4.69) is 26.1 Å². The lowest BCUT2D eigenvalue weighted by Crippen LogP contribution is -2.33. The Kier molecular flexibility index (Phi) is 5.49. The summed E-state index contributed by atoms with van der Waals surface area (Å²) in [4.78, 5) is 0. The average molecular weight is 199 g/mol. The van der Waals surface area contributed by atoms with Gasteiger partial charge in [-0.1, -0.05) is 13.8 Å². The second-order valence-electron chi connectivity index (χ2n) is 4.92. The van der Waals surface area contributed by atoms with Crippen molar-refractivity contribution in [1.82, 2.24) is 5.32 Å². The van der Waals surface area contributed by atoms with Crippen LogP contribution in [0.4, 0.5) is 0 Å². The summed E-state index contributed by atoms with van der Waals surface area (Å²) < 4.78 is 5.57. The predicted molar refractivity (Wildman–Crippen MR) is 60.5 cm³/mol. The summed E-state index contributed by atoms with van der Waals surface area (Å²) in [5.74, 6) is 0.821. The van der Waals surface area contributed by atoms with Gasteiger partial charge >= 0.3 is 0 Å².